The minimum absolute atomic E-state index is 0.616. The van der Waals surface area contributed by atoms with Crippen molar-refractivity contribution < 1.29 is 9.47 Å². The summed E-state index contributed by atoms with van der Waals surface area (Å²) in [6.45, 7) is 5.15. The molecule has 71 valence electrons. The third-order valence-electron chi connectivity index (χ3n) is 1.56. The first-order valence-electron chi connectivity index (χ1n) is 4.56. The molecule has 0 aliphatic carbocycles. The van der Waals surface area contributed by atoms with Crippen molar-refractivity contribution in [1.29, 1.82) is 0 Å². The molecule has 0 aliphatic heterocycles. The van der Waals surface area contributed by atoms with Crippen molar-refractivity contribution >= 4 is 0 Å². The van der Waals surface area contributed by atoms with Crippen LogP contribution in [0.1, 0.15) is 19.4 Å². The van der Waals surface area contributed by atoms with Crippen LogP contribution in [0.4, 0.5) is 0 Å². The Morgan fingerprint density at radius 3 is 2.00 bits per heavy atom. The van der Waals surface area contributed by atoms with Crippen molar-refractivity contribution in [2.45, 2.75) is 13.8 Å². The van der Waals surface area contributed by atoms with E-state index >= 15 is 0 Å². The van der Waals surface area contributed by atoms with Gasteiger partial charge in [0.25, 0.3) is 6.29 Å². The van der Waals surface area contributed by atoms with Gasteiger partial charge in [0.05, 0.1) is 0 Å². The Hall–Kier alpha value is -0.860. The average molecular weight is 179 g/mol. The summed E-state index contributed by atoms with van der Waals surface area (Å²) in [6, 6.07) is 9.85. The van der Waals surface area contributed by atoms with E-state index < -0.39 is 0 Å². The van der Waals surface area contributed by atoms with Crippen molar-refractivity contribution in [1.82, 2.24) is 0 Å². The first-order chi connectivity index (χ1) is 6.38. The summed E-state index contributed by atoms with van der Waals surface area (Å²) >= 11 is 0. The van der Waals surface area contributed by atoms with Gasteiger partial charge in [0.1, 0.15) is 0 Å². The molecule has 0 atom stereocenters. The SMILES string of the molecule is CCO[C](OCC)c1ccccc1. The van der Waals surface area contributed by atoms with Crippen LogP contribution in [0.15, 0.2) is 30.3 Å². The summed E-state index contributed by atoms with van der Waals surface area (Å²) in [7, 11) is 0. The van der Waals surface area contributed by atoms with Gasteiger partial charge in [0, 0.05) is 18.8 Å². The summed E-state index contributed by atoms with van der Waals surface area (Å²) in [4.78, 5) is 0. The molecule has 0 saturated heterocycles. The van der Waals surface area contributed by atoms with Gasteiger partial charge in [-0.1, -0.05) is 30.3 Å². The normalized spacial score (nSPS) is 10.7. The lowest BCUT2D eigenvalue weighted by atomic mass is 10.2. The third-order valence-corrected chi connectivity index (χ3v) is 1.56. The Morgan fingerprint density at radius 2 is 1.54 bits per heavy atom. The van der Waals surface area contributed by atoms with E-state index in [2.05, 4.69) is 0 Å². The van der Waals surface area contributed by atoms with Gasteiger partial charge in [-0.3, -0.25) is 0 Å². The molecule has 0 aromatic heterocycles. The molecule has 13 heavy (non-hydrogen) atoms. The Balaban J connectivity index is 2.64. The van der Waals surface area contributed by atoms with Crippen molar-refractivity contribution in [3.05, 3.63) is 42.2 Å². The molecule has 0 spiro atoms. The molecular weight excluding hydrogens is 164 g/mol. The topological polar surface area (TPSA) is 18.5 Å². The second-order valence-electron chi connectivity index (χ2n) is 2.52. The first-order valence-corrected chi connectivity index (χ1v) is 4.56. The minimum atomic E-state index is 0.616. The number of benzene rings is 1. The maximum Gasteiger partial charge on any atom is 0.256 e. The Morgan fingerprint density at radius 1 is 1.00 bits per heavy atom. The second-order valence-corrected chi connectivity index (χ2v) is 2.52. The van der Waals surface area contributed by atoms with Gasteiger partial charge in [0.2, 0.25) is 0 Å². The Kier molecular flexibility index (Phi) is 4.50. The van der Waals surface area contributed by atoms with Crippen LogP contribution in [0.3, 0.4) is 0 Å². The van der Waals surface area contributed by atoms with E-state index in [1.165, 1.54) is 0 Å². The summed E-state index contributed by atoms with van der Waals surface area (Å²) in [5.74, 6) is 0. The zero-order chi connectivity index (χ0) is 9.52. The maximum absolute atomic E-state index is 5.36. The predicted octanol–water partition coefficient (Wildman–Crippen LogP) is 2.60. The monoisotopic (exact) mass is 179 g/mol. The molecule has 0 saturated carbocycles. The van der Waals surface area contributed by atoms with Gasteiger partial charge in [0.15, 0.2) is 0 Å². The second kappa shape index (κ2) is 5.73. The quantitative estimate of drug-likeness (QED) is 0.691. The molecule has 1 aromatic carbocycles. The van der Waals surface area contributed by atoms with Crippen LogP contribution >= 0.6 is 0 Å². The summed E-state index contributed by atoms with van der Waals surface area (Å²) < 4.78 is 10.7. The smallest absolute Gasteiger partial charge is 0.256 e. The zero-order valence-electron chi connectivity index (χ0n) is 8.12. The van der Waals surface area contributed by atoms with Crippen LogP contribution in [0.5, 0.6) is 0 Å². The molecule has 2 nitrogen and oxygen atoms in total. The van der Waals surface area contributed by atoms with Crippen LogP contribution in [-0.4, -0.2) is 13.2 Å². The van der Waals surface area contributed by atoms with Crippen molar-refractivity contribution in [3.8, 4) is 0 Å². The fraction of sp³-hybridized carbons (Fsp3) is 0.364. The fourth-order valence-electron chi connectivity index (χ4n) is 1.04. The standard InChI is InChI=1S/C11H15O2/c1-3-12-11(13-4-2)10-8-6-5-7-9-10/h5-9H,3-4H2,1-2H3. The summed E-state index contributed by atoms with van der Waals surface area (Å²) in [5, 5.41) is 0. The van der Waals surface area contributed by atoms with Gasteiger partial charge < -0.3 is 9.47 Å². The van der Waals surface area contributed by atoms with Crippen molar-refractivity contribution in [2.75, 3.05) is 13.2 Å². The van der Waals surface area contributed by atoms with Gasteiger partial charge in [-0.2, -0.15) is 0 Å². The van der Waals surface area contributed by atoms with Gasteiger partial charge in [-0.15, -0.1) is 0 Å². The van der Waals surface area contributed by atoms with E-state index in [-0.39, 0.29) is 0 Å². The maximum atomic E-state index is 5.36. The molecule has 1 radical (unpaired) electrons. The number of ether oxygens (including phenoxy) is 2. The molecule has 1 rings (SSSR count). The fourth-order valence-corrected chi connectivity index (χ4v) is 1.04. The van der Waals surface area contributed by atoms with Crippen molar-refractivity contribution in [3.63, 3.8) is 0 Å². The molecule has 1 aromatic rings. The van der Waals surface area contributed by atoms with Crippen LogP contribution in [0.2, 0.25) is 0 Å². The highest BCUT2D eigenvalue weighted by molar-refractivity contribution is 5.23. The number of hydrogen-bond donors (Lipinski definition) is 0. The van der Waals surface area contributed by atoms with E-state index in [0.717, 1.165) is 5.56 Å². The molecule has 0 aliphatic rings. The highest BCUT2D eigenvalue weighted by Gasteiger charge is 2.11. The lowest BCUT2D eigenvalue weighted by molar-refractivity contribution is -0.0161. The van der Waals surface area contributed by atoms with E-state index in [0.29, 0.717) is 19.5 Å². The highest BCUT2D eigenvalue weighted by Crippen LogP contribution is 2.16. The Labute approximate surface area is 79.5 Å². The van der Waals surface area contributed by atoms with Crippen LogP contribution < -0.4 is 0 Å². The van der Waals surface area contributed by atoms with E-state index in [1.54, 1.807) is 0 Å². The Bertz CT molecular complexity index is 215. The van der Waals surface area contributed by atoms with Crippen LogP contribution in [0, 0.1) is 6.29 Å². The molecule has 0 heterocycles. The first kappa shape index (κ1) is 10.2. The van der Waals surface area contributed by atoms with E-state index in [4.69, 9.17) is 9.47 Å². The number of hydrogen-bond acceptors (Lipinski definition) is 2. The minimum Gasteiger partial charge on any atom is -0.342 e. The third kappa shape index (κ3) is 3.17. The van der Waals surface area contributed by atoms with Gasteiger partial charge in [-0.25, -0.2) is 0 Å². The lowest BCUT2D eigenvalue weighted by Gasteiger charge is -2.14. The lowest BCUT2D eigenvalue weighted by Crippen LogP contribution is -2.09. The van der Waals surface area contributed by atoms with Crippen LogP contribution in [0.25, 0.3) is 0 Å². The number of rotatable bonds is 5. The molecular formula is C11H15O2. The summed E-state index contributed by atoms with van der Waals surface area (Å²) in [6.07, 6.45) is 0.616. The highest BCUT2D eigenvalue weighted by atomic mass is 16.7. The molecule has 0 unspecified atom stereocenters. The van der Waals surface area contributed by atoms with Crippen molar-refractivity contribution in [2.24, 2.45) is 0 Å². The van der Waals surface area contributed by atoms with Gasteiger partial charge in [-0.05, 0) is 13.8 Å². The molecule has 0 amide bonds. The molecule has 2 heteroatoms. The molecule has 0 fully saturated rings. The van der Waals surface area contributed by atoms with E-state index in [1.807, 2.05) is 44.2 Å². The summed E-state index contributed by atoms with van der Waals surface area (Å²) in [5.41, 5.74) is 0.992. The zero-order valence-corrected chi connectivity index (χ0v) is 8.12. The largest absolute Gasteiger partial charge is 0.342 e. The predicted molar refractivity (Wildman–Crippen MR) is 52.0 cm³/mol. The average Bonchev–Trinajstić information content (AvgIpc) is 2.19. The van der Waals surface area contributed by atoms with E-state index in [9.17, 15) is 0 Å². The van der Waals surface area contributed by atoms with Gasteiger partial charge >= 0.3 is 0 Å². The molecule has 0 bridgehead atoms. The molecule has 0 N–H and O–H groups in total. The van der Waals surface area contributed by atoms with Crippen LogP contribution in [-0.2, 0) is 9.47 Å².